The predicted molar refractivity (Wildman–Crippen MR) is 51.8 cm³/mol. The van der Waals surface area contributed by atoms with Crippen LogP contribution in [0.15, 0.2) is 0 Å². The van der Waals surface area contributed by atoms with E-state index in [0.29, 0.717) is 0 Å². The lowest BCUT2D eigenvalue weighted by molar-refractivity contribution is 0.117. The van der Waals surface area contributed by atoms with Gasteiger partial charge in [0.2, 0.25) is 0 Å². The fourth-order valence-electron chi connectivity index (χ4n) is 0.866. The zero-order chi connectivity index (χ0) is 10.2. The van der Waals surface area contributed by atoms with E-state index in [1.807, 2.05) is 0 Å². The van der Waals surface area contributed by atoms with Crippen LogP contribution in [0.5, 0.6) is 0 Å². The van der Waals surface area contributed by atoms with Crippen molar-refractivity contribution in [2.24, 2.45) is 0 Å². The highest BCUT2D eigenvalue weighted by atomic mass is 28.4. The van der Waals surface area contributed by atoms with Gasteiger partial charge in [-0.15, -0.1) is 0 Å². The second kappa shape index (κ2) is 8.20. The molecular weight excluding hydrogens is 191 g/mol. The van der Waals surface area contributed by atoms with E-state index in [9.17, 15) is 0 Å². The van der Waals surface area contributed by atoms with E-state index in [-0.39, 0.29) is 14.1 Å². The van der Waals surface area contributed by atoms with Crippen molar-refractivity contribution < 1.29 is 19.2 Å². The van der Waals surface area contributed by atoms with Crippen molar-refractivity contribution in [1.82, 2.24) is 0 Å². The van der Waals surface area contributed by atoms with E-state index >= 15 is 0 Å². The molecule has 0 aromatic heterocycles. The fourth-order valence-corrected chi connectivity index (χ4v) is 2.60. The molecule has 0 aromatic carbocycles. The van der Waals surface area contributed by atoms with Crippen LogP contribution in [0.3, 0.4) is 0 Å². The lowest BCUT2D eigenvalue weighted by Crippen LogP contribution is -2.33. The molecule has 0 amide bonds. The second-order valence-electron chi connectivity index (χ2n) is 2.69. The predicted octanol–water partition coefficient (Wildman–Crippen LogP) is -0.0679. The van der Waals surface area contributed by atoms with Gasteiger partial charge in [-0.25, -0.2) is 0 Å². The number of hydrogen-bond donors (Lipinski definition) is 4. The largest absolute Gasteiger partial charge is 0.668 e. The van der Waals surface area contributed by atoms with Crippen molar-refractivity contribution >= 4 is 23.2 Å². The van der Waals surface area contributed by atoms with Crippen LogP contribution < -0.4 is 0 Å². The quantitative estimate of drug-likeness (QED) is 0.492. The van der Waals surface area contributed by atoms with E-state index in [1.165, 1.54) is 15.8 Å². The van der Waals surface area contributed by atoms with Gasteiger partial charge in [0.25, 0.3) is 14.1 Å². The Hall–Kier alpha value is 0.589. The minimum Gasteiger partial charge on any atom is -0.368 e. The molecule has 12 heavy (non-hydrogen) atoms. The van der Waals surface area contributed by atoms with Gasteiger partial charge >= 0.3 is 9.05 Å². The van der Waals surface area contributed by atoms with Crippen LogP contribution >= 0.6 is 0 Å². The first kappa shape index (κ1) is 15.1. The van der Waals surface area contributed by atoms with Gasteiger partial charge in [-0.1, -0.05) is 36.6 Å². The van der Waals surface area contributed by atoms with Crippen LogP contribution in [0.25, 0.3) is 0 Å². The highest BCUT2D eigenvalue weighted by Crippen LogP contribution is 2.01. The minimum atomic E-state index is -4.61. The van der Waals surface area contributed by atoms with Gasteiger partial charge in [0.1, 0.15) is 0 Å². The van der Waals surface area contributed by atoms with Gasteiger partial charge in [-0.05, 0) is 0 Å². The molecule has 6 heteroatoms. The Labute approximate surface area is 79.4 Å². The average Bonchev–Trinajstić information content (AvgIpc) is 1.88. The van der Waals surface area contributed by atoms with E-state index in [1.54, 1.807) is 0 Å². The molecule has 0 unspecified atom stereocenters. The molecule has 4 N–H and O–H groups in total. The first-order valence-corrected chi connectivity index (χ1v) is 8.48. The topological polar surface area (TPSA) is 80.9 Å². The second-order valence-corrected chi connectivity index (χ2v) is 8.07. The summed E-state index contributed by atoms with van der Waals surface area (Å²) < 4.78 is 0. The maximum absolute atomic E-state index is 7.33. The molecule has 4 nitrogen and oxygen atoms in total. The Kier molecular flexibility index (Phi) is 10.3. The van der Waals surface area contributed by atoms with Crippen LogP contribution in [0.2, 0.25) is 15.8 Å². The van der Waals surface area contributed by atoms with E-state index in [4.69, 9.17) is 19.2 Å². The summed E-state index contributed by atoms with van der Waals surface area (Å²) in [5.74, 6) is 0. The third-order valence-corrected chi connectivity index (χ3v) is 5.20. The summed E-state index contributed by atoms with van der Waals surface area (Å²) in [6.45, 7) is 6.97. The van der Waals surface area contributed by atoms with Gasteiger partial charge in [0.15, 0.2) is 0 Å². The molecule has 0 aliphatic rings. The van der Waals surface area contributed by atoms with Crippen LogP contribution in [0.1, 0.15) is 20.8 Å². The van der Waals surface area contributed by atoms with Gasteiger partial charge in [0, 0.05) is 0 Å². The van der Waals surface area contributed by atoms with Crippen molar-refractivity contribution in [3.05, 3.63) is 0 Å². The number of rotatable bonds is 3. The normalized spacial score (nSPS) is 10.2. The molecule has 0 aliphatic carbocycles. The molecule has 0 aliphatic heterocycles. The molecular formula is C6H19AlO4Si. The third kappa shape index (κ3) is 22.4. The maximum atomic E-state index is 7.33. The summed E-state index contributed by atoms with van der Waals surface area (Å²) >= 11 is -0.171. The Bertz CT molecular complexity index is 80.5. The Morgan fingerprint density at radius 1 is 0.833 bits per heavy atom. The summed E-state index contributed by atoms with van der Waals surface area (Å²) in [6.07, 6.45) is 0. The zero-order valence-corrected chi connectivity index (χ0v) is 10.1. The van der Waals surface area contributed by atoms with E-state index in [2.05, 4.69) is 20.8 Å². The Balaban J connectivity index is 0. The van der Waals surface area contributed by atoms with Gasteiger partial charge in [0.05, 0.1) is 0 Å². The summed E-state index contributed by atoms with van der Waals surface area (Å²) in [5, 5.41) is 4.48. The molecule has 74 valence electrons. The molecule has 0 radical (unpaired) electrons. The van der Waals surface area contributed by atoms with Crippen molar-refractivity contribution in [3.8, 4) is 0 Å². The SMILES string of the molecule is C[CH2][Al]([CH2]C)[CH2]C.O[Si](O)(O)O. The van der Waals surface area contributed by atoms with E-state index in [0.717, 1.165) is 0 Å². The van der Waals surface area contributed by atoms with Crippen molar-refractivity contribution in [1.29, 1.82) is 0 Å². The maximum Gasteiger partial charge on any atom is 0.668 e. The average molecular weight is 210 g/mol. The summed E-state index contributed by atoms with van der Waals surface area (Å²) in [4.78, 5) is 29.3. The number of hydrogen-bond acceptors (Lipinski definition) is 4. The molecule has 0 bridgehead atoms. The molecule has 0 rings (SSSR count). The molecule has 0 spiro atoms. The van der Waals surface area contributed by atoms with Crippen LogP contribution in [-0.4, -0.2) is 42.4 Å². The van der Waals surface area contributed by atoms with Crippen molar-refractivity contribution in [2.45, 2.75) is 36.6 Å². The molecule has 0 fully saturated rings. The fraction of sp³-hybridized carbons (Fsp3) is 1.00. The molecule has 0 aromatic rings. The molecule has 0 saturated heterocycles. The smallest absolute Gasteiger partial charge is 0.368 e. The lowest BCUT2D eigenvalue weighted by atomic mass is 10.9. The molecule has 0 saturated carbocycles. The summed E-state index contributed by atoms with van der Waals surface area (Å²) in [5.41, 5.74) is 0. The first-order valence-electron chi connectivity index (χ1n) is 4.24. The molecule has 0 atom stereocenters. The van der Waals surface area contributed by atoms with Crippen LogP contribution in [0, 0.1) is 0 Å². The van der Waals surface area contributed by atoms with E-state index < -0.39 is 9.05 Å². The molecule has 0 heterocycles. The first-order chi connectivity index (χ1) is 5.35. The third-order valence-electron chi connectivity index (χ3n) is 1.73. The van der Waals surface area contributed by atoms with Crippen LogP contribution in [0.4, 0.5) is 0 Å². The minimum absolute atomic E-state index is 0.171. The zero-order valence-electron chi connectivity index (χ0n) is 7.99. The summed E-state index contributed by atoms with van der Waals surface area (Å²) in [7, 11) is -4.61. The van der Waals surface area contributed by atoms with Crippen LogP contribution in [-0.2, 0) is 0 Å². The Morgan fingerprint density at radius 3 is 1.00 bits per heavy atom. The lowest BCUT2D eigenvalue weighted by Gasteiger charge is -1.97. The van der Waals surface area contributed by atoms with Crippen molar-refractivity contribution in [3.63, 3.8) is 0 Å². The standard InChI is InChI=1S/3C2H5.Al.H4O4Si/c3*1-2;;1-5(2,3)4/h3*1H2,2H3;;1-4H. The van der Waals surface area contributed by atoms with Gasteiger partial charge < -0.3 is 19.2 Å². The monoisotopic (exact) mass is 210 g/mol. The van der Waals surface area contributed by atoms with Crippen molar-refractivity contribution in [2.75, 3.05) is 0 Å². The highest BCUT2D eigenvalue weighted by molar-refractivity contribution is 6.58. The van der Waals surface area contributed by atoms with Gasteiger partial charge in [-0.2, -0.15) is 0 Å². The van der Waals surface area contributed by atoms with Gasteiger partial charge in [-0.3, -0.25) is 0 Å². The summed E-state index contributed by atoms with van der Waals surface area (Å²) in [6, 6.07) is 0. The Morgan fingerprint density at radius 2 is 1.00 bits per heavy atom. The highest BCUT2D eigenvalue weighted by Gasteiger charge is 2.22.